The van der Waals surface area contributed by atoms with Crippen molar-refractivity contribution in [2.45, 2.75) is 20.1 Å². The molecule has 1 N–H and O–H groups in total. The Balaban J connectivity index is 1.15. The molecule has 164 valence electrons. The summed E-state index contributed by atoms with van der Waals surface area (Å²) in [5.74, 6) is 0.540. The third-order valence-electron chi connectivity index (χ3n) is 5.15. The van der Waals surface area contributed by atoms with Crippen molar-refractivity contribution >= 4 is 22.9 Å². The van der Waals surface area contributed by atoms with Gasteiger partial charge < -0.3 is 14.5 Å². The number of nitrogens with one attached hydrogen (secondary N) is 1. The maximum Gasteiger partial charge on any atom is 0.251 e. The number of benzene rings is 2. The minimum absolute atomic E-state index is 0.147. The molecular formula is C26H22N4O2S. The lowest BCUT2D eigenvalue weighted by Crippen LogP contribution is -2.22. The van der Waals surface area contributed by atoms with Crippen molar-refractivity contribution < 1.29 is 9.53 Å². The summed E-state index contributed by atoms with van der Waals surface area (Å²) in [6, 6.07) is 21.1. The molecule has 3 heterocycles. The number of amides is 1. The Morgan fingerprint density at radius 1 is 0.970 bits per heavy atom. The van der Waals surface area contributed by atoms with Crippen LogP contribution in [0.1, 0.15) is 27.3 Å². The number of carbonyl (C=O) groups is 1. The minimum Gasteiger partial charge on any atom is -0.487 e. The van der Waals surface area contributed by atoms with E-state index in [0.717, 1.165) is 27.6 Å². The van der Waals surface area contributed by atoms with Crippen molar-refractivity contribution in [2.75, 3.05) is 0 Å². The lowest BCUT2D eigenvalue weighted by molar-refractivity contribution is 0.0950. The highest BCUT2D eigenvalue weighted by Gasteiger charge is 2.09. The molecule has 2 aromatic carbocycles. The molecule has 5 rings (SSSR count). The molecule has 0 atom stereocenters. The van der Waals surface area contributed by atoms with Gasteiger partial charge in [-0.25, -0.2) is 9.97 Å². The molecule has 3 aromatic heterocycles. The first-order chi connectivity index (χ1) is 16.1. The molecule has 33 heavy (non-hydrogen) atoms. The van der Waals surface area contributed by atoms with Gasteiger partial charge in [0.15, 0.2) is 0 Å². The van der Waals surface area contributed by atoms with Gasteiger partial charge in [-0.05, 0) is 42.8 Å². The molecular weight excluding hydrogens is 432 g/mol. The number of ether oxygens (including phenoxy) is 1. The molecule has 0 aliphatic rings. The highest BCUT2D eigenvalue weighted by Crippen LogP contribution is 2.23. The summed E-state index contributed by atoms with van der Waals surface area (Å²) in [6.07, 6.45) is 4.00. The predicted molar refractivity (Wildman–Crippen MR) is 129 cm³/mol. The predicted octanol–water partition coefficient (Wildman–Crippen LogP) is 5.28. The highest BCUT2D eigenvalue weighted by atomic mass is 32.1. The summed E-state index contributed by atoms with van der Waals surface area (Å²) < 4.78 is 7.84. The van der Waals surface area contributed by atoms with Gasteiger partial charge in [0, 0.05) is 28.9 Å². The summed E-state index contributed by atoms with van der Waals surface area (Å²) in [5, 5.41) is 5.85. The smallest absolute Gasteiger partial charge is 0.251 e. The van der Waals surface area contributed by atoms with Crippen LogP contribution in [-0.2, 0) is 13.2 Å². The Hall–Kier alpha value is -3.97. The van der Waals surface area contributed by atoms with E-state index < -0.39 is 0 Å². The van der Waals surface area contributed by atoms with Gasteiger partial charge in [0.05, 0.1) is 17.9 Å². The van der Waals surface area contributed by atoms with E-state index in [9.17, 15) is 4.79 Å². The van der Waals surface area contributed by atoms with Crippen molar-refractivity contribution in [1.82, 2.24) is 19.7 Å². The largest absolute Gasteiger partial charge is 0.487 e. The van der Waals surface area contributed by atoms with E-state index in [2.05, 4.69) is 15.3 Å². The van der Waals surface area contributed by atoms with E-state index in [1.807, 2.05) is 71.6 Å². The van der Waals surface area contributed by atoms with Gasteiger partial charge in [0.2, 0.25) is 0 Å². The summed E-state index contributed by atoms with van der Waals surface area (Å²) >= 11 is 1.57. The van der Waals surface area contributed by atoms with E-state index in [4.69, 9.17) is 4.74 Å². The Morgan fingerprint density at radius 3 is 2.61 bits per heavy atom. The van der Waals surface area contributed by atoms with Crippen LogP contribution in [0.15, 0.2) is 84.5 Å². The van der Waals surface area contributed by atoms with Crippen LogP contribution in [0, 0.1) is 6.92 Å². The Bertz CT molecular complexity index is 1390. The number of nitrogens with zero attached hydrogens (tertiary/aromatic N) is 3. The first-order valence-corrected chi connectivity index (χ1v) is 11.5. The molecule has 1 amide bonds. The van der Waals surface area contributed by atoms with E-state index in [1.165, 1.54) is 5.56 Å². The van der Waals surface area contributed by atoms with Gasteiger partial charge in [-0.1, -0.05) is 36.4 Å². The second kappa shape index (κ2) is 9.26. The number of pyridine rings is 1. The van der Waals surface area contributed by atoms with Crippen molar-refractivity contribution in [3.63, 3.8) is 0 Å². The summed E-state index contributed by atoms with van der Waals surface area (Å²) in [7, 11) is 0. The summed E-state index contributed by atoms with van der Waals surface area (Å²) in [6.45, 7) is 2.79. The molecule has 7 heteroatoms. The SMILES string of the molecule is Cc1ccc2nc(COc3ccc(C(=O)NCc4csc(-c5ccccc5)n4)cc3)cn2c1. The van der Waals surface area contributed by atoms with Crippen molar-refractivity contribution in [3.05, 3.63) is 107 Å². The lowest BCUT2D eigenvalue weighted by Gasteiger charge is -2.06. The average molecular weight is 455 g/mol. The number of rotatable bonds is 7. The normalized spacial score (nSPS) is 10.9. The van der Waals surface area contributed by atoms with Crippen molar-refractivity contribution in [1.29, 1.82) is 0 Å². The Kier molecular flexibility index (Phi) is 5.87. The number of hydrogen-bond donors (Lipinski definition) is 1. The minimum atomic E-state index is -0.147. The molecule has 0 radical (unpaired) electrons. The third kappa shape index (κ3) is 4.94. The Morgan fingerprint density at radius 2 is 1.79 bits per heavy atom. The monoisotopic (exact) mass is 454 g/mol. The van der Waals surface area contributed by atoms with Crippen LogP contribution in [0.3, 0.4) is 0 Å². The zero-order valence-corrected chi connectivity index (χ0v) is 18.9. The molecule has 0 fully saturated rings. The molecule has 0 spiro atoms. The topological polar surface area (TPSA) is 68.5 Å². The molecule has 0 saturated carbocycles. The zero-order valence-electron chi connectivity index (χ0n) is 18.1. The molecule has 0 bridgehead atoms. The molecule has 5 aromatic rings. The van der Waals surface area contributed by atoms with Gasteiger partial charge in [-0.2, -0.15) is 0 Å². The standard InChI is InChI=1S/C26H22N4O2S/c1-18-7-12-24-28-22(15-30(24)14-18)16-32-23-10-8-19(9-11-23)25(31)27-13-21-17-33-26(29-21)20-5-3-2-4-6-20/h2-12,14-15,17H,13,16H2,1H3,(H,27,31). The van der Waals surface area contributed by atoms with Crippen molar-refractivity contribution in [2.24, 2.45) is 0 Å². The van der Waals surface area contributed by atoms with Gasteiger partial charge in [-0.3, -0.25) is 4.79 Å². The van der Waals surface area contributed by atoms with E-state index in [0.29, 0.717) is 24.5 Å². The molecule has 0 unspecified atom stereocenters. The summed E-state index contributed by atoms with van der Waals surface area (Å²) in [4.78, 5) is 21.7. The first-order valence-electron chi connectivity index (χ1n) is 10.6. The van der Waals surface area contributed by atoms with Gasteiger partial charge in [0.1, 0.15) is 23.0 Å². The van der Waals surface area contributed by atoms with Gasteiger partial charge in [0.25, 0.3) is 5.91 Å². The second-order valence-electron chi connectivity index (χ2n) is 7.71. The van der Waals surface area contributed by atoms with Crippen LogP contribution in [0.4, 0.5) is 0 Å². The first kappa shape index (κ1) is 20.9. The number of imidazole rings is 1. The fourth-order valence-corrected chi connectivity index (χ4v) is 4.29. The fraction of sp³-hybridized carbons (Fsp3) is 0.115. The van der Waals surface area contributed by atoms with Crippen LogP contribution in [-0.4, -0.2) is 20.3 Å². The molecule has 0 aliphatic heterocycles. The number of aromatic nitrogens is 3. The van der Waals surface area contributed by atoms with Crippen LogP contribution in [0.5, 0.6) is 5.75 Å². The van der Waals surface area contributed by atoms with E-state index in [-0.39, 0.29) is 5.91 Å². The zero-order chi connectivity index (χ0) is 22.6. The lowest BCUT2D eigenvalue weighted by atomic mass is 10.2. The quantitative estimate of drug-likeness (QED) is 0.364. The van der Waals surface area contributed by atoms with Crippen LogP contribution in [0.2, 0.25) is 0 Å². The third-order valence-corrected chi connectivity index (χ3v) is 6.09. The van der Waals surface area contributed by atoms with Gasteiger partial charge >= 0.3 is 0 Å². The van der Waals surface area contributed by atoms with E-state index in [1.54, 1.807) is 35.6 Å². The number of fused-ring (bicyclic) bond motifs is 1. The van der Waals surface area contributed by atoms with Crippen LogP contribution < -0.4 is 10.1 Å². The van der Waals surface area contributed by atoms with Gasteiger partial charge in [-0.15, -0.1) is 11.3 Å². The van der Waals surface area contributed by atoms with E-state index >= 15 is 0 Å². The van der Waals surface area contributed by atoms with Crippen LogP contribution in [0.25, 0.3) is 16.2 Å². The number of carbonyl (C=O) groups excluding carboxylic acids is 1. The maximum absolute atomic E-state index is 12.5. The second-order valence-corrected chi connectivity index (χ2v) is 8.57. The van der Waals surface area contributed by atoms with Crippen molar-refractivity contribution in [3.8, 4) is 16.3 Å². The number of thiazole rings is 1. The molecule has 6 nitrogen and oxygen atoms in total. The Labute approximate surface area is 195 Å². The fourth-order valence-electron chi connectivity index (χ4n) is 3.46. The number of hydrogen-bond acceptors (Lipinski definition) is 5. The maximum atomic E-state index is 12.5. The summed E-state index contributed by atoms with van der Waals surface area (Å²) in [5.41, 5.74) is 5.41. The average Bonchev–Trinajstić information content (AvgIpc) is 3.49. The molecule has 0 aliphatic carbocycles. The number of aryl methyl sites for hydroxylation is 1. The highest BCUT2D eigenvalue weighted by molar-refractivity contribution is 7.13. The molecule has 0 saturated heterocycles. The van der Waals surface area contributed by atoms with Crippen LogP contribution >= 0.6 is 11.3 Å².